The number of likely N-dealkylation sites (tertiary alicyclic amines) is 1. The predicted molar refractivity (Wildman–Crippen MR) is 117 cm³/mol. The highest BCUT2D eigenvalue weighted by atomic mass is 19.1. The summed E-state index contributed by atoms with van der Waals surface area (Å²) in [5.74, 6) is -0.163. The molecule has 1 atom stereocenters. The van der Waals surface area contributed by atoms with Crippen molar-refractivity contribution in [3.05, 3.63) is 60.1 Å². The number of aromatic nitrogens is 3. The Morgan fingerprint density at radius 1 is 1.33 bits per heavy atom. The molecule has 1 amide bonds. The van der Waals surface area contributed by atoms with Gasteiger partial charge in [0, 0.05) is 37.7 Å². The number of nitrogens with zero attached hydrogens (tertiary/aromatic N) is 3. The smallest absolute Gasteiger partial charge is 0.226 e. The lowest BCUT2D eigenvalue weighted by Crippen LogP contribution is -2.52. The van der Waals surface area contributed by atoms with Gasteiger partial charge in [-0.05, 0) is 25.6 Å². The number of H-pyrrole nitrogens is 1. The summed E-state index contributed by atoms with van der Waals surface area (Å²) in [5.41, 5.74) is 1.21. The van der Waals surface area contributed by atoms with Gasteiger partial charge >= 0.3 is 0 Å². The minimum absolute atomic E-state index is 0.0771. The highest BCUT2D eigenvalue weighted by Crippen LogP contribution is 2.23. The molecule has 33 heavy (non-hydrogen) atoms. The summed E-state index contributed by atoms with van der Waals surface area (Å²) < 4.78 is 24.6. The molecule has 1 fully saturated rings. The van der Waals surface area contributed by atoms with Gasteiger partial charge in [0.2, 0.25) is 5.91 Å². The number of Topliss-reactive ketones (excluding diaryl/α,β-unsaturated/α-hetero) is 1. The summed E-state index contributed by atoms with van der Waals surface area (Å²) >= 11 is 0. The van der Waals surface area contributed by atoms with Crippen LogP contribution in [-0.4, -0.2) is 65.1 Å². The molecule has 1 aliphatic heterocycles. The van der Waals surface area contributed by atoms with Gasteiger partial charge in [0.15, 0.2) is 5.78 Å². The van der Waals surface area contributed by atoms with Crippen LogP contribution in [0.25, 0.3) is 11.3 Å². The lowest BCUT2D eigenvalue weighted by molar-refractivity contribution is -0.130. The van der Waals surface area contributed by atoms with Gasteiger partial charge in [0.1, 0.15) is 29.6 Å². The normalized spacial score (nSPS) is 15.2. The van der Waals surface area contributed by atoms with E-state index in [0.717, 1.165) is 0 Å². The lowest BCUT2D eigenvalue weighted by Gasteiger charge is -2.35. The third-order valence-corrected chi connectivity index (χ3v) is 5.54. The van der Waals surface area contributed by atoms with E-state index in [-0.39, 0.29) is 36.5 Å². The number of imidazole rings is 1. The van der Waals surface area contributed by atoms with Gasteiger partial charge in [0.25, 0.3) is 0 Å². The quantitative estimate of drug-likeness (QED) is 0.337. The van der Waals surface area contributed by atoms with Crippen LogP contribution in [0.15, 0.2) is 47.3 Å². The molecule has 1 unspecified atom stereocenters. The summed E-state index contributed by atoms with van der Waals surface area (Å²) in [6.07, 6.45) is 3.67. The number of carbonyl (C=O) groups excluding carboxylic acids is 2. The molecule has 3 aromatic rings. The number of rotatable bonds is 11. The Kier molecular flexibility index (Phi) is 7.26. The summed E-state index contributed by atoms with van der Waals surface area (Å²) in [5, 5.41) is 6.62. The Bertz CT molecular complexity index is 1080. The molecule has 3 heterocycles. The first-order valence-electron chi connectivity index (χ1n) is 10.8. The molecule has 0 spiro atoms. The molecule has 0 bridgehead atoms. The first-order valence-corrected chi connectivity index (χ1v) is 10.8. The second kappa shape index (κ2) is 10.5. The van der Waals surface area contributed by atoms with Crippen molar-refractivity contribution in [3.63, 3.8) is 0 Å². The van der Waals surface area contributed by atoms with Crippen LogP contribution >= 0.6 is 0 Å². The molecule has 2 aromatic heterocycles. The van der Waals surface area contributed by atoms with E-state index in [1.807, 2.05) is 7.05 Å². The average Bonchev–Trinajstić information content (AvgIpc) is 3.48. The number of amides is 1. The van der Waals surface area contributed by atoms with Gasteiger partial charge in [-0.2, -0.15) is 0 Å². The van der Waals surface area contributed by atoms with E-state index in [1.165, 1.54) is 18.4 Å². The monoisotopic (exact) mass is 455 g/mol. The van der Waals surface area contributed by atoms with Crippen LogP contribution in [0.1, 0.15) is 35.2 Å². The molecule has 1 aliphatic rings. The van der Waals surface area contributed by atoms with Gasteiger partial charge in [-0.15, -0.1) is 0 Å². The summed E-state index contributed by atoms with van der Waals surface area (Å²) in [7, 11) is 1.96. The third kappa shape index (κ3) is 5.71. The molecule has 4 rings (SSSR count). The summed E-state index contributed by atoms with van der Waals surface area (Å²) in [6.45, 7) is 1.88. The number of ketones is 1. The van der Waals surface area contributed by atoms with E-state index < -0.39 is 6.04 Å². The molecule has 2 N–H and O–H groups in total. The Morgan fingerprint density at radius 2 is 2.15 bits per heavy atom. The van der Waals surface area contributed by atoms with Crippen molar-refractivity contribution in [3.8, 4) is 11.3 Å². The fourth-order valence-electron chi connectivity index (χ4n) is 3.69. The van der Waals surface area contributed by atoms with Crippen molar-refractivity contribution in [2.75, 3.05) is 33.4 Å². The molecule has 1 saturated heterocycles. The first kappa shape index (κ1) is 22.8. The van der Waals surface area contributed by atoms with Crippen molar-refractivity contribution in [1.29, 1.82) is 0 Å². The Labute approximate surface area is 190 Å². The topological polar surface area (TPSA) is 113 Å². The van der Waals surface area contributed by atoms with Crippen LogP contribution in [0.2, 0.25) is 0 Å². The maximum absolute atomic E-state index is 14.2. The Morgan fingerprint density at radius 3 is 2.88 bits per heavy atom. The number of aromatic amines is 1. The van der Waals surface area contributed by atoms with Crippen LogP contribution in [0.4, 0.5) is 4.39 Å². The van der Waals surface area contributed by atoms with E-state index in [4.69, 9.17) is 4.74 Å². The summed E-state index contributed by atoms with van der Waals surface area (Å²) in [6, 6.07) is 7.40. The maximum atomic E-state index is 14.2. The molecule has 174 valence electrons. The van der Waals surface area contributed by atoms with Crippen molar-refractivity contribution in [2.24, 2.45) is 5.92 Å². The van der Waals surface area contributed by atoms with E-state index in [1.54, 1.807) is 24.4 Å². The number of hydrogen-bond donors (Lipinski definition) is 2. The van der Waals surface area contributed by atoms with E-state index >= 15 is 0 Å². The standard InChI is InChI=1S/C23H26FN5O4/c1-29-12-15(13-29)23(31)27-20(14-32-9-4-7-21(30)18-8-10-33-28-18)22-25-11-19(26-22)16-5-2-3-6-17(16)24/h2-3,5-6,8,10-11,15,20H,4,7,9,12-14H2,1H3,(H,25,26)(H,27,31). The van der Waals surface area contributed by atoms with Gasteiger partial charge in [-0.25, -0.2) is 9.37 Å². The van der Waals surface area contributed by atoms with Crippen LogP contribution < -0.4 is 5.32 Å². The largest absolute Gasteiger partial charge is 0.379 e. The Balaban J connectivity index is 1.36. The van der Waals surface area contributed by atoms with Crippen molar-refractivity contribution in [1.82, 2.24) is 25.3 Å². The fourth-order valence-corrected chi connectivity index (χ4v) is 3.69. The molecule has 9 nitrogen and oxygen atoms in total. The minimum Gasteiger partial charge on any atom is -0.379 e. The zero-order chi connectivity index (χ0) is 23.2. The van der Waals surface area contributed by atoms with Gasteiger partial charge in [-0.3, -0.25) is 9.59 Å². The van der Waals surface area contributed by atoms with Gasteiger partial charge < -0.3 is 24.5 Å². The SMILES string of the molecule is CN1CC(C(=O)NC(COCCCC(=O)c2ccon2)c2ncc(-c3ccccc3F)[nH]2)C1. The molecule has 0 aliphatic carbocycles. The van der Waals surface area contributed by atoms with E-state index in [9.17, 15) is 14.0 Å². The number of ether oxygens (including phenoxy) is 1. The predicted octanol–water partition coefficient (Wildman–Crippen LogP) is 2.60. The molecule has 1 aromatic carbocycles. The van der Waals surface area contributed by atoms with E-state index in [2.05, 4.69) is 29.9 Å². The van der Waals surface area contributed by atoms with E-state index in [0.29, 0.717) is 48.9 Å². The molecule has 0 radical (unpaired) electrons. The maximum Gasteiger partial charge on any atom is 0.226 e. The zero-order valence-corrected chi connectivity index (χ0v) is 18.3. The van der Waals surface area contributed by atoms with Crippen LogP contribution in [-0.2, 0) is 9.53 Å². The van der Waals surface area contributed by atoms with Crippen molar-refractivity contribution < 1.29 is 23.2 Å². The minimum atomic E-state index is -0.532. The highest BCUT2D eigenvalue weighted by Gasteiger charge is 2.32. The molecule has 0 saturated carbocycles. The summed E-state index contributed by atoms with van der Waals surface area (Å²) in [4.78, 5) is 34.2. The average molecular weight is 455 g/mol. The van der Waals surface area contributed by atoms with Crippen LogP contribution in [0.3, 0.4) is 0 Å². The number of halogens is 1. The number of hydrogen-bond acceptors (Lipinski definition) is 7. The number of benzene rings is 1. The fraction of sp³-hybridized carbons (Fsp3) is 0.391. The third-order valence-electron chi connectivity index (χ3n) is 5.54. The van der Waals surface area contributed by atoms with Crippen LogP contribution in [0.5, 0.6) is 0 Å². The first-order chi connectivity index (χ1) is 16.0. The molecular formula is C23H26FN5O4. The molecule has 10 heteroatoms. The van der Waals surface area contributed by atoms with Gasteiger partial charge in [-0.1, -0.05) is 17.3 Å². The lowest BCUT2D eigenvalue weighted by atomic mass is 10.00. The number of nitrogens with one attached hydrogen (secondary N) is 2. The van der Waals surface area contributed by atoms with Gasteiger partial charge in [0.05, 0.1) is 24.4 Å². The highest BCUT2D eigenvalue weighted by molar-refractivity contribution is 5.93. The van der Waals surface area contributed by atoms with Crippen molar-refractivity contribution >= 4 is 11.7 Å². The van der Waals surface area contributed by atoms with Crippen molar-refractivity contribution in [2.45, 2.75) is 18.9 Å². The number of carbonyl (C=O) groups is 2. The Hall–Kier alpha value is -3.37. The van der Waals surface area contributed by atoms with Crippen LogP contribution in [0, 0.1) is 11.7 Å². The second-order valence-corrected chi connectivity index (χ2v) is 8.13. The molecular weight excluding hydrogens is 429 g/mol. The zero-order valence-electron chi connectivity index (χ0n) is 18.3. The second-order valence-electron chi connectivity index (χ2n) is 8.13.